The third-order valence-electron chi connectivity index (χ3n) is 7.23. The second-order valence-corrected chi connectivity index (χ2v) is 11.1. The van der Waals surface area contributed by atoms with Crippen LogP contribution in [0.15, 0.2) is 52.1 Å². The van der Waals surface area contributed by atoms with Gasteiger partial charge in [0.1, 0.15) is 5.54 Å². The number of urea groups is 1. The topological polar surface area (TPSA) is 128 Å². The predicted molar refractivity (Wildman–Crippen MR) is 149 cm³/mol. The van der Waals surface area contributed by atoms with Crippen LogP contribution in [0.3, 0.4) is 0 Å². The highest BCUT2D eigenvalue weighted by molar-refractivity contribution is 7.11. The summed E-state index contributed by atoms with van der Waals surface area (Å²) < 4.78 is 5.01. The Morgan fingerprint density at radius 3 is 2.67 bits per heavy atom. The second kappa shape index (κ2) is 11.1. The molecule has 3 aliphatic heterocycles. The van der Waals surface area contributed by atoms with Crippen LogP contribution in [-0.4, -0.2) is 107 Å². The van der Waals surface area contributed by atoms with E-state index in [2.05, 4.69) is 32.0 Å². The summed E-state index contributed by atoms with van der Waals surface area (Å²) in [6, 6.07) is 6.30. The molecule has 1 aromatic heterocycles. The fraction of sp³-hybridized carbons (Fsp3) is 0.393. The van der Waals surface area contributed by atoms with E-state index in [1.165, 1.54) is 30.6 Å². The molecule has 0 bridgehead atoms. The minimum Gasteiger partial charge on any atom is -0.478 e. The van der Waals surface area contributed by atoms with Crippen molar-refractivity contribution in [2.75, 3.05) is 46.4 Å². The fourth-order valence-electron chi connectivity index (χ4n) is 5.01. The van der Waals surface area contributed by atoms with Gasteiger partial charge in [-0.3, -0.25) is 9.89 Å². The lowest BCUT2D eigenvalue weighted by atomic mass is 10.0. The van der Waals surface area contributed by atoms with Crippen molar-refractivity contribution in [3.8, 4) is 11.8 Å². The molecule has 1 atom stereocenters. The molecule has 40 heavy (non-hydrogen) atoms. The van der Waals surface area contributed by atoms with Crippen molar-refractivity contribution in [2.24, 2.45) is 4.99 Å². The van der Waals surface area contributed by atoms with Crippen LogP contribution in [-0.2, 0) is 9.53 Å². The number of fused-ring (bicyclic) bond motifs is 1. The van der Waals surface area contributed by atoms with Gasteiger partial charge in [-0.2, -0.15) is 0 Å². The van der Waals surface area contributed by atoms with E-state index in [0.717, 1.165) is 10.7 Å². The molecule has 2 N–H and O–H groups in total. The largest absolute Gasteiger partial charge is 0.478 e. The highest BCUT2D eigenvalue weighted by Crippen LogP contribution is 2.28. The molecule has 0 aliphatic carbocycles. The summed E-state index contributed by atoms with van der Waals surface area (Å²) in [5, 5.41) is 15.0. The molecule has 12 heteroatoms. The number of methoxy groups -OCH3 is 1. The molecular formula is C28H30N6O5S. The Balaban J connectivity index is 1.27. The van der Waals surface area contributed by atoms with Crippen molar-refractivity contribution >= 4 is 35.1 Å². The number of hydrogen-bond acceptors (Lipinski definition) is 9. The van der Waals surface area contributed by atoms with Crippen LogP contribution >= 0.6 is 11.3 Å². The Bertz CT molecular complexity index is 1440. The number of carboxylic acid groups (broad SMARTS) is 1. The van der Waals surface area contributed by atoms with Gasteiger partial charge < -0.3 is 25.0 Å². The van der Waals surface area contributed by atoms with Gasteiger partial charge in [-0.15, -0.1) is 11.3 Å². The van der Waals surface area contributed by atoms with Gasteiger partial charge in [-0.25, -0.2) is 19.4 Å². The number of carboxylic acids is 1. The normalized spacial score (nSPS) is 19.4. The summed E-state index contributed by atoms with van der Waals surface area (Å²) in [6.45, 7) is 6.92. The van der Waals surface area contributed by atoms with Crippen LogP contribution < -0.4 is 5.32 Å². The first-order valence-electron chi connectivity index (χ1n) is 12.8. The molecule has 2 fully saturated rings. The summed E-state index contributed by atoms with van der Waals surface area (Å²) in [7, 11) is 1.36. The van der Waals surface area contributed by atoms with E-state index in [9.17, 15) is 14.4 Å². The van der Waals surface area contributed by atoms with Gasteiger partial charge in [-0.1, -0.05) is 11.8 Å². The number of rotatable bonds is 6. The maximum absolute atomic E-state index is 13.4. The summed E-state index contributed by atoms with van der Waals surface area (Å²) in [4.78, 5) is 51.7. The number of esters is 1. The molecule has 0 saturated carbocycles. The van der Waals surface area contributed by atoms with E-state index in [-0.39, 0.29) is 24.2 Å². The van der Waals surface area contributed by atoms with Gasteiger partial charge in [-0.05, 0) is 38.1 Å². The Hall–Kier alpha value is -4.21. The number of thiazole rings is 1. The van der Waals surface area contributed by atoms with E-state index in [1.807, 2.05) is 24.1 Å². The molecule has 4 heterocycles. The standard InChI is InChI=1S/C28H30N6O5S/c1-28(2,9-8-18-4-6-19(7-5-18)25(35)36)34-16-20-15-32(11-12-33(20)27(34)38)17-22-21(26(37)39-3)14-30-23(31-22)24-29-10-13-40-24/h4-7,10,13,20H,11-12,14-17H2,1-3H3,(H,30,31)(H,35,36)/t20-/m0/s1. The molecule has 0 unspecified atom stereocenters. The summed E-state index contributed by atoms with van der Waals surface area (Å²) in [6.07, 6.45) is 1.71. The Labute approximate surface area is 236 Å². The summed E-state index contributed by atoms with van der Waals surface area (Å²) in [5.74, 6) is 5.53. The number of nitrogens with one attached hydrogen (secondary N) is 1. The van der Waals surface area contributed by atoms with E-state index in [4.69, 9.17) is 9.84 Å². The number of benzene rings is 1. The van der Waals surface area contributed by atoms with Crippen LogP contribution in [0.4, 0.5) is 4.79 Å². The molecule has 2 aromatic rings. The smallest absolute Gasteiger partial charge is 0.337 e. The highest BCUT2D eigenvalue weighted by atomic mass is 32.1. The number of aromatic carboxylic acids is 1. The SMILES string of the molecule is COC(=O)C1=C(CN2CCN3C(=O)N(C(C)(C)C#Cc4ccc(C(=O)O)cc4)C[C@@H]3C2)NC(c2nccs2)=NC1. The van der Waals surface area contributed by atoms with Crippen molar-refractivity contribution in [3.63, 3.8) is 0 Å². The van der Waals surface area contributed by atoms with Gasteiger partial charge >= 0.3 is 18.0 Å². The molecule has 0 radical (unpaired) electrons. The van der Waals surface area contributed by atoms with E-state index in [0.29, 0.717) is 49.7 Å². The van der Waals surface area contributed by atoms with Crippen molar-refractivity contribution in [1.82, 2.24) is 25.0 Å². The lowest BCUT2D eigenvalue weighted by Gasteiger charge is -2.37. The van der Waals surface area contributed by atoms with Gasteiger partial charge in [0, 0.05) is 55.6 Å². The molecule has 208 valence electrons. The van der Waals surface area contributed by atoms with Crippen molar-refractivity contribution in [1.29, 1.82) is 0 Å². The van der Waals surface area contributed by atoms with Gasteiger partial charge in [0.25, 0.3) is 0 Å². The number of carbonyl (C=O) groups is 3. The lowest BCUT2D eigenvalue weighted by Crippen LogP contribution is -2.53. The highest BCUT2D eigenvalue weighted by Gasteiger charge is 2.45. The summed E-state index contributed by atoms with van der Waals surface area (Å²) in [5.41, 5.74) is 1.38. The molecule has 2 saturated heterocycles. The molecule has 0 spiro atoms. The predicted octanol–water partition coefficient (Wildman–Crippen LogP) is 1.87. The van der Waals surface area contributed by atoms with Gasteiger partial charge in [0.2, 0.25) is 0 Å². The number of carbonyl (C=O) groups excluding carboxylic acids is 2. The molecule has 5 rings (SSSR count). The fourth-order valence-corrected chi connectivity index (χ4v) is 5.61. The van der Waals surface area contributed by atoms with E-state index >= 15 is 0 Å². The quantitative estimate of drug-likeness (QED) is 0.404. The minimum absolute atomic E-state index is 0.0185. The number of piperazine rings is 1. The number of amides is 2. The maximum Gasteiger partial charge on any atom is 0.337 e. The maximum atomic E-state index is 13.4. The van der Waals surface area contributed by atoms with E-state index < -0.39 is 17.5 Å². The average Bonchev–Trinajstić information content (AvgIpc) is 3.60. The zero-order valence-corrected chi connectivity index (χ0v) is 23.3. The number of aliphatic imine (C=N–C) groups is 1. The Morgan fingerprint density at radius 1 is 1.23 bits per heavy atom. The monoisotopic (exact) mass is 562 g/mol. The van der Waals surface area contributed by atoms with Crippen molar-refractivity contribution in [3.05, 3.63) is 63.2 Å². The Kier molecular flexibility index (Phi) is 7.60. The van der Waals surface area contributed by atoms with Crippen LogP contribution in [0.5, 0.6) is 0 Å². The summed E-state index contributed by atoms with van der Waals surface area (Å²) >= 11 is 1.47. The Morgan fingerprint density at radius 2 is 2.00 bits per heavy atom. The molecule has 11 nitrogen and oxygen atoms in total. The zero-order valence-electron chi connectivity index (χ0n) is 22.5. The zero-order chi connectivity index (χ0) is 28.4. The number of hydrogen-bond donors (Lipinski definition) is 2. The number of aromatic nitrogens is 1. The first kappa shape index (κ1) is 27.4. The third-order valence-corrected chi connectivity index (χ3v) is 8.01. The van der Waals surface area contributed by atoms with Crippen molar-refractivity contribution in [2.45, 2.75) is 25.4 Å². The molecule has 3 aliphatic rings. The van der Waals surface area contributed by atoms with Crippen LogP contribution in [0, 0.1) is 11.8 Å². The molecule has 1 aromatic carbocycles. The van der Waals surface area contributed by atoms with Crippen LogP contribution in [0.1, 0.15) is 34.8 Å². The van der Waals surface area contributed by atoms with Gasteiger partial charge in [0.15, 0.2) is 10.8 Å². The first-order chi connectivity index (χ1) is 19.2. The molecule has 2 amide bonds. The lowest BCUT2D eigenvalue weighted by molar-refractivity contribution is -0.136. The second-order valence-electron chi connectivity index (χ2n) is 10.2. The van der Waals surface area contributed by atoms with Crippen LogP contribution in [0.2, 0.25) is 0 Å². The van der Waals surface area contributed by atoms with Crippen LogP contribution in [0.25, 0.3) is 0 Å². The number of amidine groups is 1. The number of nitrogens with zero attached hydrogens (tertiary/aromatic N) is 5. The molecular weight excluding hydrogens is 532 g/mol. The van der Waals surface area contributed by atoms with E-state index in [1.54, 1.807) is 23.2 Å². The third kappa shape index (κ3) is 5.57. The van der Waals surface area contributed by atoms with Crippen molar-refractivity contribution < 1.29 is 24.2 Å². The number of ether oxygens (including phenoxy) is 1. The average molecular weight is 563 g/mol. The van der Waals surface area contributed by atoms with Gasteiger partial charge in [0.05, 0.1) is 30.8 Å². The minimum atomic E-state index is -0.988. The first-order valence-corrected chi connectivity index (χ1v) is 13.7.